The van der Waals surface area contributed by atoms with E-state index in [-0.39, 0.29) is 11.7 Å². The van der Waals surface area contributed by atoms with Crippen LogP contribution in [0.25, 0.3) is 0 Å². The molecule has 8 heteroatoms. The number of sulfone groups is 1. The molecule has 1 amide bonds. The molecule has 29 heavy (non-hydrogen) atoms. The Kier molecular flexibility index (Phi) is 6.12. The molecular weight excluding hydrogens is 394 g/mol. The van der Waals surface area contributed by atoms with E-state index in [4.69, 9.17) is 14.2 Å². The molecule has 0 spiro atoms. The van der Waals surface area contributed by atoms with Crippen LogP contribution in [0.2, 0.25) is 0 Å². The molecule has 0 saturated carbocycles. The predicted molar refractivity (Wildman–Crippen MR) is 111 cm³/mol. The zero-order valence-electron chi connectivity index (χ0n) is 16.5. The summed E-state index contributed by atoms with van der Waals surface area (Å²) in [6, 6.07) is 11.1. The Hall–Kier alpha value is -3.00. The molecular formula is C21H23NO6S. The van der Waals surface area contributed by atoms with Crippen LogP contribution in [0.1, 0.15) is 17.3 Å². The number of benzene rings is 2. The molecule has 0 aliphatic carbocycles. The Morgan fingerprint density at radius 2 is 1.76 bits per heavy atom. The highest BCUT2D eigenvalue weighted by atomic mass is 32.2. The number of carbonyl (C=O) groups excluding carboxylic acids is 1. The maximum Gasteiger partial charge on any atom is 0.258 e. The Morgan fingerprint density at radius 1 is 1.07 bits per heavy atom. The van der Waals surface area contributed by atoms with Crippen molar-refractivity contribution in [2.24, 2.45) is 0 Å². The summed E-state index contributed by atoms with van der Waals surface area (Å²) < 4.78 is 40.1. The highest BCUT2D eigenvalue weighted by Crippen LogP contribution is 2.36. The third-order valence-electron chi connectivity index (χ3n) is 4.52. The van der Waals surface area contributed by atoms with Gasteiger partial charge >= 0.3 is 0 Å². The molecule has 0 bridgehead atoms. The summed E-state index contributed by atoms with van der Waals surface area (Å²) in [5, 5.41) is 1.14. The van der Waals surface area contributed by atoms with Gasteiger partial charge in [-0.05, 0) is 49.4 Å². The average Bonchev–Trinajstić information content (AvgIpc) is 3.08. The molecule has 1 aliphatic rings. The van der Waals surface area contributed by atoms with Crippen molar-refractivity contribution >= 4 is 21.4 Å². The molecule has 1 atom stereocenters. The van der Waals surface area contributed by atoms with Gasteiger partial charge in [0.25, 0.3) is 5.91 Å². The van der Waals surface area contributed by atoms with Gasteiger partial charge in [0.2, 0.25) is 0 Å². The first-order chi connectivity index (χ1) is 13.9. The van der Waals surface area contributed by atoms with Crippen molar-refractivity contribution in [2.45, 2.75) is 13.0 Å². The van der Waals surface area contributed by atoms with Gasteiger partial charge in [-0.2, -0.15) is 0 Å². The molecule has 1 heterocycles. The second-order valence-corrected chi connectivity index (χ2v) is 8.33. The first-order valence-corrected chi connectivity index (χ1v) is 10.8. The molecule has 0 fully saturated rings. The number of nitrogens with zero attached hydrogens (tertiary/aromatic N) is 1. The number of carbonyl (C=O) groups is 1. The number of hydrogen-bond donors (Lipinski definition) is 0. The summed E-state index contributed by atoms with van der Waals surface area (Å²) in [5.41, 5.74) is 0.864. The maximum absolute atomic E-state index is 13.4. The Labute approximate surface area is 170 Å². The number of anilines is 1. The van der Waals surface area contributed by atoms with E-state index in [0.717, 1.165) is 5.41 Å². The minimum Gasteiger partial charge on any atom is -0.497 e. The van der Waals surface area contributed by atoms with Gasteiger partial charge in [-0.25, -0.2) is 8.42 Å². The Balaban J connectivity index is 2.04. The topological polar surface area (TPSA) is 82.1 Å². The molecule has 3 rings (SSSR count). The largest absolute Gasteiger partial charge is 0.497 e. The Morgan fingerprint density at radius 3 is 2.31 bits per heavy atom. The van der Waals surface area contributed by atoms with Crippen molar-refractivity contribution in [1.29, 1.82) is 0 Å². The van der Waals surface area contributed by atoms with Crippen molar-refractivity contribution in [3.8, 4) is 17.2 Å². The standard InChI is InChI=1S/C21H23NO6S/c1-4-28-17-7-5-15(6-8-17)21(23)22(16-11-12-29(24,25)14-16)19-10-9-18(26-2)13-20(19)27-3/h5-13,16H,4,14H2,1-3H3/t16-/m0/s1. The lowest BCUT2D eigenvalue weighted by molar-refractivity contribution is 0.0982. The van der Waals surface area contributed by atoms with Crippen LogP contribution < -0.4 is 19.1 Å². The quantitative estimate of drug-likeness (QED) is 0.689. The number of rotatable bonds is 7. The van der Waals surface area contributed by atoms with Gasteiger partial charge < -0.3 is 14.2 Å². The van der Waals surface area contributed by atoms with Crippen molar-refractivity contribution in [3.05, 3.63) is 59.5 Å². The molecule has 2 aromatic rings. The van der Waals surface area contributed by atoms with Gasteiger partial charge in [0.15, 0.2) is 9.84 Å². The van der Waals surface area contributed by atoms with Gasteiger partial charge in [0.05, 0.1) is 38.3 Å². The van der Waals surface area contributed by atoms with Gasteiger partial charge in [0.1, 0.15) is 17.2 Å². The number of methoxy groups -OCH3 is 2. The molecule has 1 aliphatic heterocycles. The second-order valence-electron chi connectivity index (χ2n) is 6.40. The monoisotopic (exact) mass is 417 g/mol. The number of amides is 1. The van der Waals surface area contributed by atoms with Crippen molar-refractivity contribution in [3.63, 3.8) is 0 Å². The number of hydrogen-bond acceptors (Lipinski definition) is 6. The van der Waals surface area contributed by atoms with E-state index in [1.807, 2.05) is 6.92 Å². The van der Waals surface area contributed by atoms with Gasteiger partial charge in [-0.15, -0.1) is 0 Å². The first kappa shape index (κ1) is 20.7. The third-order valence-corrected chi connectivity index (χ3v) is 5.90. The van der Waals surface area contributed by atoms with Gasteiger partial charge in [-0.3, -0.25) is 9.69 Å². The van der Waals surface area contributed by atoms with Crippen molar-refractivity contribution in [1.82, 2.24) is 0 Å². The van der Waals surface area contributed by atoms with E-state index in [0.29, 0.717) is 35.1 Å². The van der Waals surface area contributed by atoms with Gasteiger partial charge in [0, 0.05) is 17.0 Å². The molecule has 2 aromatic carbocycles. The van der Waals surface area contributed by atoms with E-state index >= 15 is 0 Å². The zero-order chi connectivity index (χ0) is 21.0. The Bertz CT molecular complexity index is 1010. The predicted octanol–water partition coefficient (Wildman–Crippen LogP) is 3.06. The summed E-state index contributed by atoms with van der Waals surface area (Å²) in [6.45, 7) is 2.40. The minimum absolute atomic E-state index is 0.190. The minimum atomic E-state index is -3.37. The summed E-state index contributed by atoms with van der Waals surface area (Å²) in [7, 11) is -0.354. The maximum atomic E-state index is 13.4. The summed E-state index contributed by atoms with van der Waals surface area (Å²) in [5.74, 6) is 1.09. The smallest absolute Gasteiger partial charge is 0.258 e. The van der Waals surface area contributed by atoms with Crippen LogP contribution in [0.15, 0.2) is 53.9 Å². The normalized spacial score (nSPS) is 17.0. The van der Waals surface area contributed by atoms with Crippen molar-refractivity contribution < 1.29 is 27.4 Å². The highest BCUT2D eigenvalue weighted by molar-refractivity contribution is 7.94. The number of ether oxygens (including phenoxy) is 3. The van der Waals surface area contributed by atoms with E-state index < -0.39 is 15.9 Å². The lowest BCUT2D eigenvalue weighted by atomic mass is 10.1. The fourth-order valence-electron chi connectivity index (χ4n) is 3.14. The summed E-state index contributed by atoms with van der Waals surface area (Å²) in [6.07, 6.45) is 1.52. The van der Waals surface area contributed by atoms with Crippen LogP contribution in [0, 0.1) is 0 Å². The molecule has 0 N–H and O–H groups in total. The van der Waals surface area contributed by atoms with Gasteiger partial charge in [-0.1, -0.05) is 0 Å². The fraction of sp³-hybridized carbons (Fsp3) is 0.286. The lowest BCUT2D eigenvalue weighted by Gasteiger charge is -2.29. The second kappa shape index (κ2) is 8.57. The molecule has 0 aromatic heterocycles. The highest BCUT2D eigenvalue weighted by Gasteiger charge is 2.33. The summed E-state index contributed by atoms with van der Waals surface area (Å²) in [4.78, 5) is 14.8. The van der Waals surface area contributed by atoms with Crippen molar-refractivity contribution in [2.75, 3.05) is 31.5 Å². The third kappa shape index (κ3) is 4.54. The SMILES string of the molecule is CCOc1ccc(C(=O)N(c2ccc(OC)cc2OC)[C@H]2C=CS(=O)(=O)C2)cc1. The van der Waals surface area contributed by atoms with Crippen LogP contribution in [-0.2, 0) is 9.84 Å². The first-order valence-electron chi connectivity index (χ1n) is 9.08. The average molecular weight is 417 g/mol. The van der Waals surface area contributed by atoms with Crippen LogP contribution >= 0.6 is 0 Å². The molecule has 7 nitrogen and oxygen atoms in total. The molecule has 154 valence electrons. The zero-order valence-corrected chi connectivity index (χ0v) is 17.3. The van der Waals surface area contributed by atoms with Crippen LogP contribution in [0.5, 0.6) is 17.2 Å². The summed E-state index contributed by atoms with van der Waals surface area (Å²) >= 11 is 0. The van der Waals surface area contributed by atoms with Crippen LogP contribution in [0.4, 0.5) is 5.69 Å². The van der Waals surface area contributed by atoms with E-state index in [2.05, 4.69) is 0 Å². The fourth-order valence-corrected chi connectivity index (χ4v) is 4.41. The molecule has 0 saturated heterocycles. The van der Waals surface area contributed by atoms with Crippen LogP contribution in [-0.4, -0.2) is 46.9 Å². The lowest BCUT2D eigenvalue weighted by Crippen LogP contribution is -2.41. The molecule has 0 radical (unpaired) electrons. The van der Waals surface area contributed by atoms with Crippen LogP contribution in [0.3, 0.4) is 0 Å². The molecule has 0 unspecified atom stereocenters. The van der Waals surface area contributed by atoms with E-state index in [1.165, 1.54) is 25.2 Å². The van der Waals surface area contributed by atoms with E-state index in [9.17, 15) is 13.2 Å². The van der Waals surface area contributed by atoms with E-state index in [1.54, 1.807) is 42.5 Å².